The van der Waals surface area contributed by atoms with Crippen molar-refractivity contribution in [3.8, 4) is 11.5 Å². The molecule has 4 amide bonds. The van der Waals surface area contributed by atoms with Crippen LogP contribution >= 0.6 is 11.6 Å². The highest BCUT2D eigenvalue weighted by atomic mass is 35.5. The molecule has 1 saturated heterocycles. The molecular weight excluding hydrogens is 504 g/mol. The van der Waals surface area contributed by atoms with E-state index in [9.17, 15) is 14.4 Å². The molecule has 1 aliphatic heterocycles. The van der Waals surface area contributed by atoms with Crippen LogP contribution in [-0.2, 0) is 22.6 Å². The number of imide groups is 2. The van der Waals surface area contributed by atoms with Crippen LogP contribution in [0.25, 0.3) is 6.08 Å². The van der Waals surface area contributed by atoms with Crippen LogP contribution in [0.15, 0.2) is 72.8 Å². The summed E-state index contributed by atoms with van der Waals surface area (Å²) in [7, 11) is 1.52. The molecule has 0 aliphatic carbocycles. The van der Waals surface area contributed by atoms with Crippen molar-refractivity contribution in [3.05, 3.63) is 106 Å². The highest BCUT2D eigenvalue weighted by Crippen LogP contribution is 2.35. The second kappa shape index (κ2) is 11.4. The lowest BCUT2D eigenvalue weighted by atomic mass is 10.0. The van der Waals surface area contributed by atoms with Gasteiger partial charge in [0.25, 0.3) is 11.8 Å². The summed E-state index contributed by atoms with van der Waals surface area (Å²) in [5, 5.41) is 2.62. The first-order valence-corrected chi connectivity index (χ1v) is 12.3. The van der Waals surface area contributed by atoms with Crippen LogP contribution in [0.2, 0.25) is 5.02 Å². The summed E-state index contributed by atoms with van der Waals surface area (Å²) in [6, 6.07) is 15.4. The molecule has 0 radical (unpaired) electrons. The number of methoxy groups -OCH3 is 1. The average molecular weight is 531 g/mol. The summed E-state index contributed by atoms with van der Waals surface area (Å²) < 4.78 is 11.7. The molecule has 3 aromatic carbocycles. The van der Waals surface area contributed by atoms with Crippen molar-refractivity contribution < 1.29 is 23.9 Å². The van der Waals surface area contributed by atoms with Crippen LogP contribution in [0.4, 0.5) is 10.5 Å². The molecule has 0 unspecified atom stereocenters. The Morgan fingerprint density at radius 3 is 2.42 bits per heavy atom. The smallest absolute Gasteiger partial charge is 0.335 e. The van der Waals surface area contributed by atoms with E-state index >= 15 is 0 Å². The molecule has 1 heterocycles. The molecule has 4 rings (SSSR count). The highest BCUT2D eigenvalue weighted by Gasteiger charge is 2.37. The van der Waals surface area contributed by atoms with Gasteiger partial charge in [-0.3, -0.25) is 14.9 Å². The maximum atomic E-state index is 13.3. The first-order chi connectivity index (χ1) is 18.2. The standard InChI is InChI=1S/C30H27ClN2O5/c1-5-6-22-13-21(15-26(37-4)27(22)38-17-20-10-7-18(2)8-11-20)14-24-28(34)32-30(36)33(29(24)35)23-12-9-19(3)25(31)16-23/h5,7-16H,1,6,17H2,2-4H3,(H,32,34,36)/b24-14-. The number of halogens is 1. The number of barbiturate groups is 1. The lowest BCUT2D eigenvalue weighted by Gasteiger charge is -2.26. The highest BCUT2D eigenvalue weighted by molar-refractivity contribution is 6.39. The van der Waals surface area contributed by atoms with E-state index in [0.717, 1.165) is 27.2 Å². The van der Waals surface area contributed by atoms with E-state index in [0.29, 0.717) is 35.1 Å². The molecule has 0 aromatic heterocycles. The SMILES string of the molecule is C=CCc1cc(/C=C2/C(=O)NC(=O)N(c3ccc(C)c(Cl)c3)C2=O)cc(OC)c1OCc1ccc(C)cc1. The van der Waals surface area contributed by atoms with Gasteiger partial charge in [0.1, 0.15) is 12.2 Å². The Kier molecular flexibility index (Phi) is 7.98. The molecule has 8 heteroatoms. The van der Waals surface area contributed by atoms with Gasteiger partial charge < -0.3 is 9.47 Å². The van der Waals surface area contributed by atoms with Crippen molar-refractivity contribution in [2.45, 2.75) is 26.9 Å². The molecule has 38 heavy (non-hydrogen) atoms. The zero-order valence-electron chi connectivity index (χ0n) is 21.3. The van der Waals surface area contributed by atoms with Gasteiger partial charge in [0.15, 0.2) is 11.5 Å². The van der Waals surface area contributed by atoms with Gasteiger partial charge >= 0.3 is 6.03 Å². The third-order valence-corrected chi connectivity index (χ3v) is 6.48. The molecule has 0 saturated carbocycles. The van der Waals surface area contributed by atoms with Crippen molar-refractivity contribution in [1.82, 2.24) is 5.32 Å². The van der Waals surface area contributed by atoms with Crippen molar-refractivity contribution in [1.29, 1.82) is 0 Å². The van der Waals surface area contributed by atoms with E-state index in [-0.39, 0.29) is 11.3 Å². The van der Waals surface area contributed by atoms with E-state index in [2.05, 4.69) is 11.9 Å². The molecule has 3 aromatic rings. The minimum Gasteiger partial charge on any atom is -0.493 e. The Hall–Kier alpha value is -4.36. The van der Waals surface area contributed by atoms with Gasteiger partial charge in [-0.25, -0.2) is 9.69 Å². The fraction of sp³-hybridized carbons (Fsp3) is 0.167. The number of nitrogens with one attached hydrogen (secondary N) is 1. The maximum Gasteiger partial charge on any atom is 0.335 e. The number of carbonyl (C=O) groups excluding carboxylic acids is 3. The van der Waals surface area contributed by atoms with Gasteiger partial charge in [-0.15, -0.1) is 6.58 Å². The Labute approximate surface area is 226 Å². The third-order valence-electron chi connectivity index (χ3n) is 6.07. The zero-order chi connectivity index (χ0) is 27.4. The summed E-state index contributed by atoms with van der Waals surface area (Å²) in [6.45, 7) is 7.99. The van der Waals surface area contributed by atoms with Gasteiger partial charge in [-0.1, -0.05) is 53.6 Å². The molecule has 0 spiro atoms. The van der Waals surface area contributed by atoms with Crippen LogP contribution in [-0.4, -0.2) is 25.0 Å². The van der Waals surface area contributed by atoms with E-state index < -0.39 is 17.8 Å². The predicted octanol–water partition coefficient (Wildman–Crippen LogP) is 5.94. The van der Waals surface area contributed by atoms with Crippen molar-refractivity contribution in [2.24, 2.45) is 0 Å². The van der Waals surface area contributed by atoms with Crippen LogP contribution in [0.3, 0.4) is 0 Å². The number of ether oxygens (including phenoxy) is 2. The fourth-order valence-electron chi connectivity index (χ4n) is 4.01. The zero-order valence-corrected chi connectivity index (χ0v) is 22.1. The number of hydrogen-bond acceptors (Lipinski definition) is 5. The minimum atomic E-state index is -0.846. The maximum absolute atomic E-state index is 13.3. The predicted molar refractivity (Wildman–Crippen MR) is 148 cm³/mol. The summed E-state index contributed by atoms with van der Waals surface area (Å²) in [5.74, 6) is -0.577. The molecule has 1 aliphatic rings. The molecular formula is C30H27ClN2O5. The average Bonchev–Trinajstić information content (AvgIpc) is 2.88. The topological polar surface area (TPSA) is 84.9 Å². The van der Waals surface area contributed by atoms with Crippen LogP contribution in [0, 0.1) is 13.8 Å². The van der Waals surface area contributed by atoms with E-state index in [1.807, 2.05) is 31.2 Å². The monoisotopic (exact) mass is 530 g/mol. The third kappa shape index (κ3) is 5.63. The van der Waals surface area contributed by atoms with Crippen molar-refractivity contribution in [2.75, 3.05) is 12.0 Å². The molecule has 0 atom stereocenters. The van der Waals surface area contributed by atoms with Gasteiger partial charge in [0.2, 0.25) is 0 Å². The van der Waals surface area contributed by atoms with E-state index in [4.69, 9.17) is 21.1 Å². The van der Waals surface area contributed by atoms with Crippen molar-refractivity contribution in [3.63, 3.8) is 0 Å². The van der Waals surface area contributed by atoms with Crippen LogP contribution in [0.5, 0.6) is 11.5 Å². The summed E-state index contributed by atoms with van der Waals surface area (Å²) in [6.07, 6.45) is 3.61. The van der Waals surface area contributed by atoms with Crippen LogP contribution in [0.1, 0.15) is 27.8 Å². The summed E-state index contributed by atoms with van der Waals surface area (Å²) in [4.78, 5) is 39.5. The fourth-order valence-corrected chi connectivity index (χ4v) is 4.18. The number of amides is 4. The Bertz CT molecular complexity index is 1460. The largest absolute Gasteiger partial charge is 0.493 e. The number of aryl methyl sites for hydroxylation is 2. The second-order valence-corrected chi connectivity index (χ2v) is 9.28. The lowest BCUT2D eigenvalue weighted by molar-refractivity contribution is -0.122. The van der Waals surface area contributed by atoms with E-state index in [1.54, 1.807) is 37.3 Å². The number of allylic oxidation sites excluding steroid dienone is 1. The molecule has 0 bridgehead atoms. The van der Waals surface area contributed by atoms with Gasteiger partial charge in [-0.2, -0.15) is 0 Å². The van der Waals surface area contributed by atoms with Gasteiger partial charge in [0, 0.05) is 10.6 Å². The minimum absolute atomic E-state index is 0.207. The number of benzene rings is 3. The first-order valence-electron chi connectivity index (χ1n) is 11.9. The Balaban J connectivity index is 1.70. The molecule has 7 nitrogen and oxygen atoms in total. The lowest BCUT2D eigenvalue weighted by Crippen LogP contribution is -2.54. The number of hydrogen-bond donors (Lipinski definition) is 1. The number of rotatable bonds is 8. The number of nitrogens with zero attached hydrogens (tertiary/aromatic N) is 1. The Morgan fingerprint density at radius 1 is 1.03 bits per heavy atom. The molecule has 1 fully saturated rings. The summed E-state index contributed by atoms with van der Waals surface area (Å²) >= 11 is 6.21. The number of carbonyl (C=O) groups is 3. The molecule has 194 valence electrons. The van der Waals surface area contributed by atoms with Crippen LogP contribution < -0.4 is 19.7 Å². The summed E-state index contributed by atoms with van der Waals surface area (Å²) in [5.41, 5.74) is 4.28. The quantitative estimate of drug-likeness (QED) is 0.221. The molecule has 1 N–H and O–H groups in total. The van der Waals surface area contributed by atoms with Crippen molar-refractivity contribution >= 4 is 41.2 Å². The van der Waals surface area contributed by atoms with Gasteiger partial charge in [0.05, 0.1) is 12.8 Å². The first kappa shape index (κ1) is 26.7. The normalized spacial score (nSPS) is 14.5. The number of urea groups is 1. The second-order valence-electron chi connectivity index (χ2n) is 8.87. The Morgan fingerprint density at radius 2 is 1.76 bits per heavy atom. The number of anilines is 1. The van der Waals surface area contributed by atoms with E-state index in [1.165, 1.54) is 19.3 Å². The van der Waals surface area contributed by atoms with Gasteiger partial charge in [-0.05, 0) is 67.3 Å².